The Kier molecular flexibility index (Phi) is 2.94. The molecule has 2 heterocycles. The first-order valence-corrected chi connectivity index (χ1v) is 8.50. The predicted octanol–water partition coefficient (Wildman–Crippen LogP) is 2.64. The lowest BCUT2D eigenvalue weighted by molar-refractivity contribution is -0.144. The highest BCUT2D eigenvalue weighted by Gasteiger charge is 2.65. The van der Waals surface area contributed by atoms with Gasteiger partial charge in [-0.05, 0) is 54.9 Å². The summed E-state index contributed by atoms with van der Waals surface area (Å²) in [6, 6.07) is 4.47. The van der Waals surface area contributed by atoms with Crippen LogP contribution in [0, 0.1) is 31.6 Å². The maximum atomic E-state index is 12.6. The van der Waals surface area contributed by atoms with E-state index in [2.05, 4.69) is 26.0 Å². The Morgan fingerprint density at radius 1 is 1.30 bits per heavy atom. The molecule has 2 aliphatic heterocycles. The molecule has 1 aliphatic carbocycles. The molecule has 1 aromatic carbocycles. The fourth-order valence-corrected chi connectivity index (χ4v) is 5.50. The standard InChI is InChI=1S/C19H23NO3/c1-10-6-13-4-5-20-16(21)8-15-17(18(22)23)12(3)9-19(15,20)14(13)7-11(10)2/h6-7,12,15,17H,4-5,8-9H2,1-3H3,(H,22,23)/t12-,15-,17+,19-/m0/s1. The molecule has 23 heavy (non-hydrogen) atoms. The lowest BCUT2D eigenvalue weighted by Crippen LogP contribution is -2.49. The van der Waals surface area contributed by atoms with Gasteiger partial charge in [0.25, 0.3) is 0 Å². The van der Waals surface area contributed by atoms with Gasteiger partial charge in [0.15, 0.2) is 0 Å². The molecule has 0 unspecified atom stereocenters. The number of hydrogen-bond donors (Lipinski definition) is 1. The van der Waals surface area contributed by atoms with E-state index in [9.17, 15) is 14.7 Å². The number of carboxylic acids is 1. The summed E-state index contributed by atoms with van der Waals surface area (Å²) in [6.07, 6.45) is 2.03. The molecule has 1 amide bonds. The fourth-order valence-electron chi connectivity index (χ4n) is 5.50. The molecule has 0 bridgehead atoms. The maximum Gasteiger partial charge on any atom is 0.307 e. The SMILES string of the molecule is Cc1cc2c(cc1C)[C@@]13C[C@H](C)[C@@H](C(=O)O)[C@@H]1CC(=O)N3CC2. The number of carbonyl (C=O) groups is 2. The Bertz CT molecular complexity index is 726. The number of carboxylic acid groups (broad SMARTS) is 1. The van der Waals surface area contributed by atoms with Gasteiger partial charge in [-0.3, -0.25) is 9.59 Å². The quantitative estimate of drug-likeness (QED) is 0.867. The summed E-state index contributed by atoms with van der Waals surface area (Å²) < 4.78 is 0. The van der Waals surface area contributed by atoms with Crippen LogP contribution in [0.5, 0.6) is 0 Å². The highest BCUT2D eigenvalue weighted by Crippen LogP contribution is 2.60. The van der Waals surface area contributed by atoms with E-state index in [0.29, 0.717) is 6.42 Å². The van der Waals surface area contributed by atoms with Crippen molar-refractivity contribution in [2.24, 2.45) is 17.8 Å². The van der Waals surface area contributed by atoms with E-state index in [4.69, 9.17) is 0 Å². The molecule has 122 valence electrons. The summed E-state index contributed by atoms with van der Waals surface area (Å²) in [6.45, 7) is 6.98. The summed E-state index contributed by atoms with van der Waals surface area (Å²) in [5.41, 5.74) is 4.64. The van der Waals surface area contributed by atoms with Gasteiger partial charge in [0.1, 0.15) is 0 Å². The van der Waals surface area contributed by atoms with Crippen LogP contribution in [0.15, 0.2) is 12.1 Å². The highest BCUT2D eigenvalue weighted by molar-refractivity contribution is 5.84. The number of nitrogens with zero attached hydrogens (tertiary/aromatic N) is 1. The second kappa shape index (κ2) is 4.59. The summed E-state index contributed by atoms with van der Waals surface area (Å²) in [7, 11) is 0. The third-order valence-electron chi connectivity index (χ3n) is 6.55. The molecule has 1 spiro atoms. The molecule has 3 aliphatic rings. The van der Waals surface area contributed by atoms with Gasteiger partial charge < -0.3 is 10.0 Å². The minimum Gasteiger partial charge on any atom is -0.481 e. The number of rotatable bonds is 1. The molecule has 2 fully saturated rings. The van der Waals surface area contributed by atoms with Crippen LogP contribution in [-0.4, -0.2) is 28.4 Å². The van der Waals surface area contributed by atoms with Crippen molar-refractivity contribution in [2.75, 3.05) is 6.54 Å². The normalized spacial score (nSPS) is 35.0. The van der Waals surface area contributed by atoms with E-state index >= 15 is 0 Å². The van der Waals surface area contributed by atoms with Crippen LogP contribution in [-0.2, 0) is 21.5 Å². The molecule has 1 N–H and O–H groups in total. The minimum absolute atomic E-state index is 0.0938. The van der Waals surface area contributed by atoms with Crippen molar-refractivity contribution in [3.8, 4) is 0 Å². The molecular formula is C19H23NO3. The number of aliphatic carboxylic acids is 1. The van der Waals surface area contributed by atoms with Crippen molar-refractivity contribution >= 4 is 11.9 Å². The molecule has 4 nitrogen and oxygen atoms in total. The zero-order chi connectivity index (χ0) is 16.5. The molecule has 1 saturated heterocycles. The number of amides is 1. The molecule has 0 radical (unpaired) electrons. The first-order valence-electron chi connectivity index (χ1n) is 8.50. The summed E-state index contributed by atoms with van der Waals surface area (Å²) >= 11 is 0. The smallest absolute Gasteiger partial charge is 0.307 e. The highest BCUT2D eigenvalue weighted by atomic mass is 16.4. The van der Waals surface area contributed by atoms with Crippen molar-refractivity contribution in [3.05, 3.63) is 34.4 Å². The first kappa shape index (κ1) is 14.7. The Hall–Kier alpha value is -1.84. The zero-order valence-electron chi connectivity index (χ0n) is 13.9. The van der Waals surface area contributed by atoms with Gasteiger partial charge in [-0.25, -0.2) is 0 Å². The topological polar surface area (TPSA) is 57.6 Å². The van der Waals surface area contributed by atoms with Gasteiger partial charge in [-0.15, -0.1) is 0 Å². The lowest BCUT2D eigenvalue weighted by Gasteiger charge is -2.45. The third-order valence-corrected chi connectivity index (χ3v) is 6.55. The van der Waals surface area contributed by atoms with Crippen LogP contribution in [0.1, 0.15) is 42.0 Å². The third kappa shape index (κ3) is 1.72. The number of hydrogen-bond acceptors (Lipinski definition) is 2. The monoisotopic (exact) mass is 313 g/mol. The first-order chi connectivity index (χ1) is 10.9. The number of carbonyl (C=O) groups excluding carboxylic acids is 1. The average Bonchev–Trinajstić information content (AvgIpc) is 2.89. The minimum atomic E-state index is -0.745. The maximum absolute atomic E-state index is 12.6. The largest absolute Gasteiger partial charge is 0.481 e. The summed E-state index contributed by atoms with van der Waals surface area (Å²) in [4.78, 5) is 26.4. The number of fused-ring (bicyclic) bond motifs is 1. The molecule has 0 aromatic heterocycles. The van der Waals surface area contributed by atoms with Gasteiger partial charge in [0.05, 0.1) is 11.5 Å². The van der Waals surface area contributed by atoms with E-state index < -0.39 is 11.9 Å². The summed E-state index contributed by atoms with van der Waals surface area (Å²) in [5, 5.41) is 9.72. The molecular weight excluding hydrogens is 290 g/mol. The molecule has 4 rings (SSSR count). The van der Waals surface area contributed by atoms with Crippen molar-refractivity contribution in [1.29, 1.82) is 0 Å². The van der Waals surface area contributed by atoms with Gasteiger partial charge in [0.2, 0.25) is 5.91 Å². The predicted molar refractivity (Wildman–Crippen MR) is 86.0 cm³/mol. The van der Waals surface area contributed by atoms with Crippen LogP contribution in [0.25, 0.3) is 0 Å². The van der Waals surface area contributed by atoms with E-state index in [1.807, 2.05) is 11.8 Å². The van der Waals surface area contributed by atoms with E-state index in [-0.39, 0.29) is 23.3 Å². The van der Waals surface area contributed by atoms with E-state index in [1.165, 1.54) is 22.3 Å². The average molecular weight is 313 g/mol. The van der Waals surface area contributed by atoms with Crippen molar-refractivity contribution < 1.29 is 14.7 Å². The second-order valence-corrected chi connectivity index (χ2v) is 7.67. The van der Waals surface area contributed by atoms with Crippen LogP contribution in [0.3, 0.4) is 0 Å². The van der Waals surface area contributed by atoms with Crippen molar-refractivity contribution in [1.82, 2.24) is 4.90 Å². The Balaban J connectivity index is 1.95. The van der Waals surface area contributed by atoms with E-state index in [1.54, 1.807) is 0 Å². The Morgan fingerprint density at radius 2 is 2.00 bits per heavy atom. The number of benzene rings is 1. The zero-order valence-corrected chi connectivity index (χ0v) is 13.9. The molecule has 1 saturated carbocycles. The molecule has 4 heteroatoms. The van der Waals surface area contributed by atoms with Crippen LogP contribution in [0.2, 0.25) is 0 Å². The molecule has 1 aromatic rings. The fraction of sp³-hybridized carbons (Fsp3) is 0.579. The Morgan fingerprint density at radius 3 is 2.70 bits per heavy atom. The van der Waals surface area contributed by atoms with Crippen LogP contribution in [0.4, 0.5) is 0 Å². The van der Waals surface area contributed by atoms with Crippen LogP contribution >= 0.6 is 0 Å². The number of aryl methyl sites for hydroxylation is 2. The second-order valence-electron chi connectivity index (χ2n) is 7.67. The van der Waals surface area contributed by atoms with Crippen molar-refractivity contribution in [2.45, 2.75) is 45.6 Å². The van der Waals surface area contributed by atoms with Crippen molar-refractivity contribution in [3.63, 3.8) is 0 Å². The van der Waals surface area contributed by atoms with Gasteiger partial charge in [-0.2, -0.15) is 0 Å². The van der Waals surface area contributed by atoms with Gasteiger partial charge >= 0.3 is 5.97 Å². The van der Waals surface area contributed by atoms with Gasteiger partial charge in [-0.1, -0.05) is 19.1 Å². The van der Waals surface area contributed by atoms with Gasteiger partial charge in [0, 0.05) is 18.9 Å². The summed E-state index contributed by atoms with van der Waals surface area (Å²) in [5.74, 6) is -1.03. The Labute approximate surface area is 136 Å². The molecule has 4 atom stereocenters. The van der Waals surface area contributed by atoms with Crippen LogP contribution < -0.4 is 0 Å². The van der Waals surface area contributed by atoms with E-state index in [0.717, 1.165) is 19.4 Å². The lowest BCUT2D eigenvalue weighted by atomic mass is 9.73.